The van der Waals surface area contributed by atoms with Crippen LogP contribution in [0.3, 0.4) is 0 Å². The monoisotopic (exact) mass is 1060 g/mol. The Bertz CT molecular complexity index is 1920. The molecule has 2 atom stereocenters. The number of nitrogens with one attached hydrogen (secondary N) is 1. The standard InChI is InChI=1S/C27H33N3O3.C20H26S.C2H6.CH3NO.Cm/c1-18-14-19(2)16-20(15-18)4-3-5-25(30-26(32)17-28)27(21-6-10-23(31)11-7-21)22-8-12-24(33-29)13-9-22;1-3-18-15-17(7-5-4-6-14-21)10-13-20(18)19-11-8-16(2)9-12-19;1-2;2-1-3;/h6-16,25,27,31H,3-5,17,28-29H2,1-2H3,(H,30,32);8-13,15,21H,3-7,14H2,1-2H3;1-2H3;1H,(H2,2,3);. The van der Waals surface area contributed by atoms with Crippen molar-refractivity contribution >= 4 is 24.9 Å². The quantitative estimate of drug-likeness (QED) is 0.0236. The fourth-order valence-electron chi connectivity index (χ4n) is 7.15. The molecule has 0 aliphatic heterocycles. The number of carbonyl (C=O) groups is 2. The minimum Gasteiger partial charge on any atom is -0.508 e. The molecule has 0 aliphatic rings. The number of hydrogen-bond donors (Lipinski definition) is 6. The van der Waals surface area contributed by atoms with Gasteiger partial charge in [0, 0.05) is 12.0 Å². The molecule has 0 fully saturated rings. The summed E-state index contributed by atoms with van der Waals surface area (Å²) in [6.45, 7) is 12.5. The van der Waals surface area contributed by atoms with Gasteiger partial charge < -0.3 is 26.7 Å². The number of phenolic OH excluding ortho intramolecular Hbond substituents is 1. The molecule has 10 heteroatoms. The number of aromatic hydroxyl groups is 1. The Kier molecular flexibility index (Phi) is 25.2. The maximum atomic E-state index is 12.4. The van der Waals surface area contributed by atoms with Gasteiger partial charge >= 0.3 is 0 Å². The second-order valence-corrected chi connectivity index (χ2v) is 14.9. The van der Waals surface area contributed by atoms with Gasteiger partial charge in [-0.2, -0.15) is 18.5 Å². The number of nitrogens with two attached hydrogens (primary N) is 3. The summed E-state index contributed by atoms with van der Waals surface area (Å²) in [7, 11) is 0. The third-order valence-corrected chi connectivity index (χ3v) is 10.2. The molecule has 8 N–H and O–H groups in total. The van der Waals surface area contributed by atoms with Gasteiger partial charge in [0.15, 0.2) is 0 Å². The minimum absolute atomic E-state index is 0. The zero-order valence-corrected chi connectivity index (χ0v) is 40.2. The molecule has 2 amide bonds. The average molecular weight is 1070 g/mol. The number of phenols is 1. The third-order valence-electron chi connectivity index (χ3n) is 9.86. The molecule has 326 valence electrons. The normalized spacial score (nSPS) is 11.1. The number of rotatable bonds is 17. The van der Waals surface area contributed by atoms with E-state index in [1.807, 2.05) is 38.1 Å². The van der Waals surface area contributed by atoms with E-state index in [4.69, 9.17) is 21.3 Å². The van der Waals surface area contributed by atoms with E-state index in [1.165, 1.54) is 70.2 Å². The molecular formula is C50H68CmN4O4S. The molecule has 0 saturated carbocycles. The van der Waals surface area contributed by atoms with Crippen LogP contribution in [0.25, 0.3) is 11.1 Å². The first-order valence-corrected chi connectivity index (χ1v) is 21.5. The van der Waals surface area contributed by atoms with E-state index in [9.17, 15) is 9.90 Å². The third kappa shape index (κ3) is 17.8. The number of unbranched alkanes of at least 4 members (excludes halogenated alkanes) is 2. The Morgan fingerprint density at radius 2 is 1.33 bits per heavy atom. The SMILES string of the molecule is CC.CCc1cc(CCCCCS)ccc1-c1ccc(C)cc1.Cc1cc(C)cc(CCCC(NC(=O)CN)C(c2ccc(O)cc2)c2ccc(ON)cc2)c1.NC=O.[Cm]. The van der Waals surface area contributed by atoms with Crippen molar-refractivity contribution in [3.8, 4) is 22.6 Å². The van der Waals surface area contributed by atoms with E-state index < -0.39 is 0 Å². The molecule has 0 bridgehead atoms. The van der Waals surface area contributed by atoms with Gasteiger partial charge in [-0.1, -0.05) is 129 Å². The van der Waals surface area contributed by atoms with E-state index in [-0.39, 0.29) is 36.6 Å². The van der Waals surface area contributed by atoms with Crippen LogP contribution in [0.1, 0.15) is 103 Å². The van der Waals surface area contributed by atoms with Crippen molar-refractivity contribution in [1.82, 2.24) is 5.32 Å². The summed E-state index contributed by atoms with van der Waals surface area (Å²) < 4.78 is 0. The average Bonchev–Trinajstić information content (AvgIpc) is 3.24. The second-order valence-electron chi connectivity index (χ2n) is 14.4. The van der Waals surface area contributed by atoms with Crippen LogP contribution < -0.4 is 27.5 Å². The molecular weight excluding hydrogens is 1000 g/mol. The maximum Gasteiger partial charge on any atom is 0.233 e. The Balaban J connectivity index is 0.000000574. The number of thiol groups is 1. The molecule has 2 unspecified atom stereocenters. The molecule has 60 heavy (non-hydrogen) atoms. The fourth-order valence-corrected chi connectivity index (χ4v) is 7.37. The second kappa shape index (κ2) is 29.2. The summed E-state index contributed by atoms with van der Waals surface area (Å²) in [5, 5.41) is 12.9. The summed E-state index contributed by atoms with van der Waals surface area (Å²) >= 11 is 4.27. The van der Waals surface area contributed by atoms with E-state index in [2.05, 4.69) is 112 Å². The summed E-state index contributed by atoms with van der Waals surface area (Å²) in [6.07, 6.45) is 8.89. The number of benzene rings is 5. The van der Waals surface area contributed by atoms with Crippen LogP contribution in [0.2, 0.25) is 0 Å². The number of aryl methyl sites for hydroxylation is 6. The van der Waals surface area contributed by atoms with Gasteiger partial charge in [-0.05, 0) is 135 Å². The van der Waals surface area contributed by atoms with Crippen LogP contribution in [0, 0.1) is 20.8 Å². The molecule has 5 aromatic rings. The Hall–Kier alpha value is -6.09. The predicted octanol–water partition coefficient (Wildman–Crippen LogP) is 9.85. The summed E-state index contributed by atoms with van der Waals surface area (Å²) in [6, 6.07) is 36.9. The molecule has 0 saturated heterocycles. The molecule has 0 aliphatic carbocycles. The first-order valence-electron chi connectivity index (χ1n) is 20.8. The molecule has 0 aromatic heterocycles. The topological polar surface area (TPSA) is 154 Å². The summed E-state index contributed by atoms with van der Waals surface area (Å²) in [5.74, 6) is 6.72. The van der Waals surface area contributed by atoms with Crippen LogP contribution in [-0.4, -0.2) is 35.8 Å². The molecule has 0 spiro atoms. The van der Waals surface area contributed by atoms with E-state index in [0.29, 0.717) is 5.75 Å². The first kappa shape index (κ1) is 51.9. The van der Waals surface area contributed by atoms with Gasteiger partial charge in [-0.15, -0.1) is 0 Å². The number of primary amides is 1. The zero-order chi connectivity index (χ0) is 43.6. The van der Waals surface area contributed by atoms with Crippen molar-refractivity contribution in [1.29, 1.82) is 0 Å². The van der Waals surface area contributed by atoms with Gasteiger partial charge in [0.25, 0.3) is 0 Å². The van der Waals surface area contributed by atoms with Gasteiger partial charge in [-0.3, -0.25) is 9.59 Å². The maximum absolute atomic E-state index is 12.4. The van der Waals surface area contributed by atoms with Crippen molar-refractivity contribution in [2.45, 2.75) is 105 Å². The fraction of sp³-hybridized carbons (Fsp3) is 0.360. The van der Waals surface area contributed by atoms with Crippen LogP contribution >= 0.6 is 12.6 Å². The van der Waals surface area contributed by atoms with Crippen LogP contribution in [0.4, 0.5) is 0 Å². The molecule has 5 aromatic carbocycles. The van der Waals surface area contributed by atoms with Crippen molar-refractivity contribution in [3.05, 3.63) is 154 Å². The number of hydrogen-bond acceptors (Lipinski definition) is 7. The zero-order valence-electron chi connectivity index (χ0n) is 36.4. The smallest absolute Gasteiger partial charge is 0.233 e. The van der Waals surface area contributed by atoms with Crippen molar-refractivity contribution in [2.24, 2.45) is 17.4 Å². The van der Waals surface area contributed by atoms with Crippen molar-refractivity contribution in [2.75, 3.05) is 12.3 Å². The van der Waals surface area contributed by atoms with E-state index >= 15 is 0 Å². The first-order chi connectivity index (χ1) is 28.5. The van der Waals surface area contributed by atoms with Gasteiger partial charge in [0.05, 0.1) is 6.54 Å². The van der Waals surface area contributed by atoms with Crippen LogP contribution in [-0.2, 0) is 28.9 Å². The summed E-state index contributed by atoms with van der Waals surface area (Å²) in [5.41, 5.74) is 22.6. The number of carbonyl (C=O) groups excluding carboxylic acids is 2. The molecule has 5 rings (SSSR count). The summed E-state index contributed by atoms with van der Waals surface area (Å²) in [4.78, 5) is 25.8. The molecule has 8 nitrogen and oxygen atoms in total. The Morgan fingerprint density at radius 1 is 0.767 bits per heavy atom. The Morgan fingerprint density at radius 3 is 1.87 bits per heavy atom. The predicted molar refractivity (Wildman–Crippen MR) is 250 cm³/mol. The van der Waals surface area contributed by atoms with Gasteiger partial charge in [0.2, 0.25) is 12.3 Å². The molecule has 0 heterocycles. The minimum atomic E-state index is -0.197. The van der Waals surface area contributed by atoms with Gasteiger partial charge in [-0.25, -0.2) is 0 Å². The number of amides is 2. The molecule has 0 radical (unpaired) electrons. The van der Waals surface area contributed by atoms with Crippen LogP contribution in [0.15, 0.2) is 109 Å². The van der Waals surface area contributed by atoms with E-state index in [1.54, 1.807) is 24.3 Å². The van der Waals surface area contributed by atoms with Gasteiger partial charge in [0.1, 0.15) is 11.5 Å². The van der Waals surface area contributed by atoms with Crippen molar-refractivity contribution < 1.29 is 19.5 Å². The van der Waals surface area contributed by atoms with E-state index in [0.717, 1.165) is 42.6 Å². The Labute approximate surface area is 359 Å². The van der Waals surface area contributed by atoms with Crippen molar-refractivity contribution in [3.63, 3.8) is 0 Å². The van der Waals surface area contributed by atoms with Crippen LogP contribution in [0.5, 0.6) is 11.5 Å². The largest absolute Gasteiger partial charge is 0.508 e.